The average Bonchev–Trinajstić information content (AvgIpc) is 2.86. The molecule has 0 heterocycles. The molecule has 158 valence electrons. The van der Waals surface area contributed by atoms with Crippen molar-refractivity contribution in [3.8, 4) is 0 Å². The van der Waals surface area contributed by atoms with Crippen molar-refractivity contribution in [1.82, 2.24) is 0 Å². The lowest BCUT2D eigenvalue weighted by molar-refractivity contribution is 0.0967. The summed E-state index contributed by atoms with van der Waals surface area (Å²) >= 11 is 0. The van der Waals surface area contributed by atoms with Crippen LogP contribution in [-0.4, -0.2) is 34.1 Å². The van der Waals surface area contributed by atoms with E-state index in [1.165, 1.54) is 11.1 Å². The largest absolute Gasteiger partial charge is 0.393 e. The fourth-order valence-electron chi connectivity index (χ4n) is 5.16. The van der Waals surface area contributed by atoms with E-state index < -0.39 is 6.10 Å². The lowest BCUT2D eigenvalue weighted by atomic mass is 9.71. The van der Waals surface area contributed by atoms with Crippen LogP contribution in [0, 0.1) is 23.2 Å². The quantitative estimate of drug-likeness (QED) is 0.587. The fourth-order valence-corrected chi connectivity index (χ4v) is 5.16. The van der Waals surface area contributed by atoms with Gasteiger partial charge in [-0.05, 0) is 74.2 Å². The molecule has 5 atom stereocenters. The number of aliphatic hydroxyl groups is 3. The Balaban J connectivity index is 2.39. The molecule has 2 aliphatic carbocycles. The number of aliphatic hydroxyl groups excluding tert-OH is 3. The minimum absolute atomic E-state index is 0.0128. The number of rotatable bonds is 2. The van der Waals surface area contributed by atoms with E-state index in [2.05, 4.69) is 39.5 Å². The third-order valence-corrected chi connectivity index (χ3v) is 6.79. The standard InChI is InChI=1S/C25H40O3/c1-17(2)24-22-10-9-20(16-26)14-21(27)13-19(4)8-6-7-18(3)11-12-25(22,5)15-23(24)28/h8-10,14,17,21-24,26-28H,3,6-7,11-13,15-16H2,1-2,4-5H3/b10-9-,19-8-,20-14+/t21-,22+,23+,24+,25+/m0/s1. The lowest BCUT2D eigenvalue weighted by Crippen LogP contribution is -2.28. The lowest BCUT2D eigenvalue weighted by Gasteiger charge is -2.34. The molecule has 3 heteroatoms. The Bertz CT molecular complexity index is 628. The van der Waals surface area contributed by atoms with Gasteiger partial charge in [-0.1, -0.05) is 62.8 Å². The number of hydrogen-bond acceptors (Lipinski definition) is 3. The van der Waals surface area contributed by atoms with Crippen molar-refractivity contribution < 1.29 is 15.3 Å². The Morgan fingerprint density at radius 1 is 1.25 bits per heavy atom. The second kappa shape index (κ2) is 10.0. The zero-order valence-corrected chi connectivity index (χ0v) is 18.2. The number of hydrogen-bond donors (Lipinski definition) is 3. The van der Waals surface area contributed by atoms with E-state index >= 15 is 0 Å². The molecule has 0 aromatic carbocycles. The van der Waals surface area contributed by atoms with Crippen molar-refractivity contribution in [2.24, 2.45) is 23.2 Å². The van der Waals surface area contributed by atoms with E-state index in [0.29, 0.717) is 12.3 Å². The maximum absolute atomic E-state index is 10.8. The number of fused-ring (bicyclic) bond motifs is 1. The van der Waals surface area contributed by atoms with Crippen molar-refractivity contribution in [3.63, 3.8) is 0 Å². The predicted molar refractivity (Wildman–Crippen MR) is 117 cm³/mol. The minimum Gasteiger partial charge on any atom is -0.393 e. The van der Waals surface area contributed by atoms with Gasteiger partial charge >= 0.3 is 0 Å². The molecular weight excluding hydrogens is 348 g/mol. The summed E-state index contributed by atoms with van der Waals surface area (Å²) in [6, 6.07) is 0. The summed E-state index contributed by atoms with van der Waals surface area (Å²) in [7, 11) is 0. The Labute approximate surface area is 171 Å². The van der Waals surface area contributed by atoms with Crippen molar-refractivity contribution in [1.29, 1.82) is 0 Å². The second-order valence-corrected chi connectivity index (χ2v) is 9.64. The first-order valence-electron chi connectivity index (χ1n) is 10.8. The molecule has 0 aromatic rings. The highest BCUT2D eigenvalue weighted by atomic mass is 16.3. The molecular formula is C25H40O3. The zero-order chi connectivity index (χ0) is 20.9. The van der Waals surface area contributed by atoms with E-state index in [9.17, 15) is 15.3 Å². The molecule has 0 radical (unpaired) electrons. The van der Waals surface area contributed by atoms with Crippen LogP contribution in [0.25, 0.3) is 0 Å². The van der Waals surface area contributed by atoms with Gasteiger partial charge in [0.15, 0.2) is 0 Å². The maximum atomic E-state index is 10.8. The summed E-state index contributed by atoms with van der Waals surface area (Å²) < 4.78 is 0. The van der Waals surface area contributed by atoms with Crippen molar-refractivity contribution in [3.05, 3.63) is 47.6 Å². The normalized spacial score (nSPS) is 40.6. The van der Waals surface area contributed by atoms with E-state index in [0.717, 1.165) is 37.7 Å². The molecule has 0 unspecified atom stereocenters. The van der Waals surface area contributed by atoms with Crippen LogP contribution in [0.1, 0.15) is 66.2 Å². The molecule has 1 saturated carbocycles. The Morgan fingerprint density at radius 2 is 1.96 bits per heavy atom. The first-order chi connectivity index (χ1) is 13.2. The van der Waals surface area contributed by atoms with Crippen LogP contribution in [-0.2, 0) is 0 Å². The highest BCUT2D eigenvalue weighted by Crippen LogP contribution is 2.53. The third-order valence-electron chi connectivity index (χ3n) is 6.79. The van der Waals surface area contributed by atoms with Crippen LogP contribution >= 0.6 is 0 Å². The molecule has 0 aromatic heterocycles. The maximum Gasteiger partial charge on any atom is 0.0764 e. The van der Waals surface area contributed by atoms with Gasteiger partial charge in [0.25, 0.3) is 0 Å². The summed E-state index contributed by atoms with van der Waals surface area (Å²) in [5, 5.41) is 31.0. The van der Waals surface area contributed by atoms with Gasteiger partial charge < -0.3 is 15.3 Å². The highest BCUT2D eigenvalue weighted by molar-refractivity contribution is 5.24. The summed E-state index contributed by atoms with van der Waals surface area (Å²) in [5.41, 5.74) is 3.18. The molecule has 0 amide bonds. The van der Waals surface area contributed by atoms with E-state index in [4.69, 9.17) is 0 Å². The molecule has 0 bridgehead atoms. The topological polar surface area (TPSA) is 60.7 Å². The van der Waals surface area contributed by atoms with E-state index in [-0.39, 0.29) is 30.0 Å². The van der Waals surface area contributed by atoms with Crippen LogP contribution in [0.2, 0.25) is 0 Å². The van der Waals surface area contributed by atoms with Crippen molar-refractivity contribution >= 4 is 0 Å². The van der Waals surface area contributed by atoms with Crippen LogP contribution < -0.4 is 0 Å². The molecule has 2 rings (SSSR count). The molecule has 1 fully saturated rings. The van der Waals surface area contributed by atoms with Crippen LogP contribution in [0.15, 0.2) is 47.6 Å². The second-order valence-electron chi connectivity index (χ2n) is 9.64. The smallest absolute Gasteiger partial charge is 0.0764 e. The van der Waals surface area contributed by atoms with Gasteiger partial charge in [-0.25, -0.2) is 0 Å². The van der Waals surface area contributed by atoms with Crippen molar-refractivity contribution in [2.45, 2.75) is 78.4 Å². The summed E-state index contributed by atoms with van der Waals surface area (Å²) in [5.74, 6) is 0.835. The van der Waals surface area contributed by atoms with Gasteiger partial charge in [0, 0.05) is 0 Å². The Kier molecular flexibility index (Phi) is 8.30. The molecule has 3 nitrogen and oxygen atoms in total. The predicted octanol–water partition coefficient (Wildman–Crippen LogP) is 4.95. The fraction of sp³-hybridized carbons (Fsp3) is 0.680. The first-order valence-corrected chi connectivity index (χ1v) is 10.8. The van der Waals surface area contributed by atoms with Gasteiger partial charge in [0.05, 0.1) is 18.8 Å². The van der Waals surface area contributed by atoms with Gasteiger partial charge in [0.2, 0.25) is 0 Å². The summed E-state index contributed by atoms with van der Waals surface area (Å²) in [6.07, 6.45) is 12.5. The summed E-state index contributed by atoms with van der Waals surface area (Å²) in [4.78, 5) is 0. The molecule has 0 saturated heterocycles. The van der Waals surface area contributed by atoms with E-state index in [1.54, 1.807) is 6.08 Å². The number of allylic oxidation sites excluding steroid dienone is 3. The third kappa shape index (κ3) is 5.92. The minimum atomic E-state index is -0.599. The Morgan fingerprint density at radius 3 is 2.61 bits per heavy atom. The molecule has 3 N–H and O–H groups in total. The monoisotopic (exact) mass is 388 g/mol. The van der Waals surface area contributed by atoms with Crippen LogP contribution in [0.3, 0.4) is 0 Å². The molecule has 0 aliphatic heterocycles. The summed E-state index contributed by atoms with van der Waals surface area (Å²) in [6.45, 7) is 12.9. The molecule has 28 heavy (non-hydrogen) atoms. The van der Waals surface area contributed by atoms with Gasteiger partial charge in [0.1, 0.15) is 0 Å². The van der Waals surface area contributed by atoms with Crippen LogP contribution in [0.5, 0.6) is 0 Å². The molecule has 0 spiro atoms. The highest BCUT2D eigenvalue weighted by Gasteiger charge is 2.49. The van der Waals surface area contributed by atoms with Gasteiger partial charge in [-0.3, -0.25) is 0 Å². The first kappa shape index (κ1) is 23.1. The SMILES string of the molecule is C=C1CC/C=C(/C)C[C@H](O)/C=C(CO)\C=C/[C@@H]2[C@@H](C(C)C)[C@H](O)C[C@@]2(C)CC1. The van der Waals surface area contributed by atoms with Gasteiger partial charge in [-0.2, -0.15) is 0 Å². The average molecular weight is 389 g/mol. The van der Waals surface area contributed by atoms with E-state index in [1.807, 2.05) is 13.0 Å². The Hall–Kier alpha value is -1.16. The van der Waals surface area contributed by atoms with Crippen LogP contribution in [0.4, 0.5) is 0 Å². The van der Waals surface area contributed by atoms with Gasteiger partial charge in [-0.15, -0.1) is 0 Å². The van der Waals surface area contributed by atoms with Crippen molar-refractivity contribution in [2.75, 3.05) is 6.61 Å². The molecule has 2 aliphatic rings. The zero-order valence-electron chi connectivity index (χ0n) is 18.2.